The van der Waals surface area contributed by atoms with Gasteiger partial charge in [0, 0.05) is 13.0 Å². The smallest absolute Gasteiger partial charge is 0.788 e. The van der Waals surface area contributed by atoms with Crippen molar-refractivity contribution < 1.29 is 87.8 Å². The van der Waals surface area contributed by atoms with Gasteiger partial charge in [0.2, 0.25) is 0 Å². The fourth-order valence-corrected chi connectivity index (χ4v) is 2.98. The Kier molecular flexibility index (Phi) is 30.3. The zero-order valence-corrected chi connectivity index (χ0v) is 23.0. The van der Waals surface area contributed by atoms with Gasteiger partial charge in [0.1, 0.15) is 7.82 Å². The zero-order chi connectivity index (χ0) is 18.8. The van der Waals surface area contributed by atoms with Crippen molar-refractivity contribution in [3.63, 3.8) is 0 Å². The molecule has 0 aliphatic rings. The van der Waals surface area contributed by atoms with Crippen LogP contribution in [0.1, 0.15) is 104 Å². The van der Waals surface area contributed by atoms with Gasteiger partial charge < -0.3 is 19.1 Å². The van der Waals surface area contributed by atoms with Crippen LogP contribution in [-0.2, 0) is 18.9 Å². The molecule has 0 aromatic rings. The van der Waals surface area contributed by atoms with Crippen LogP contribution < -0.4 is 68.9 Å². The standard InChI is InChI=1S/C18H39O6P.2Na/c1-3-5-6-7-8-9-10-11-12-13-14-15-16-17-18(22-4-2)23-24-25(19,20)21;;/h18H,3-17H2,1-2H3,(H2,19,20,21);;/q;2*+1/p-2. The normalized spacial score (nSPS) is 12.3. The van der Waals surface area contributed by atoms with Crippen LogP contribution in [0.2, 0.25) is 0 Å². The third-order valence-electron chi connectivity index (χ3n) is 4.14. The first-order chi connectivity index (χ1) is 12.0. The molecule has 0 spiro atoms. The molecule has 0 saturated carbocycles. The van der Waals surface area contributed by atoms with Crippen molar-refractivity contribution in [2.75, 3.05) is 6.61 Å². The van der Waals surface area contributed by atoms with Crippen LogP contribution >= 0.6 is 7.82 Å². The van der Waals surface area contributed by atoms with Crippen LogP contribution in [0.25, 0.3) is 0 Å². The van der Waals surface area contributed by atoms with Crippen molar-refractivity contribution in [3.05, 3.63) is 0 Å². The molecule has 27 heavy (non-hydrogen) atoms. The summed E-state index contributed by atoms with van der Waals surface area (Å²) in [7, 11) is -5.12. The van der Waals surface area contributed by atoms with E-state index < -0.39 is 14.1 Å². The summed E-state index contributed by atoms with van der Waals surface area (Å²) in [4.78, 5) is 25.3. The Morgan fingerprint density at radius 3 is 1.52 bits per heavy atom. The number of phosphoric acid groups is 1. The van der Waals surface area contributed by atoms with E-state index in [2.05, 4.69) is 16.5 Å². The molecule has 0 aromatic heterocycles. The second-order valence-electron chi connectivity index (χ2n) is 6.53. The molecule has 1 unspecified atom stereocenters. The van der Waals surface area contributed by atoms with E-state index in [0.29, 0.717) is 13.0 Å². The van der Waals surface area contributed by atoms with Crippen LogP contribution in [0.3, 0.4) is 0 Å². The number of unbranched alkanes of at least 4 members (excludes halogenated alkanes) is 12. The van der Waals surface area contributed by atoms with Crippen LogP contribution in [-0.4, -0.2) is 12.9 Å². The molecule has 0 rings (SSSR count). The van der Waals surface area contributed by atoms with Gasteiger partial charge in [0.05, 0.1) is 0 Å². The predicted octanol–water partition coefficient (Wildman–Crippen LogP) is -1.38. The average Bonchev–Trinajstić information content (AvgIpc) is 2.56. The molecular weight excluding hydrogens is 389 g/mol. The molecule has 0 aliphatic heterocycles. The summed E-state index contributed by atoms with van der Waals surface area (Å²) in [6, 6.07) is 0. The Labute approximate surface area is 210 Å². The fourth-order valence-electron chi connectivity index (χ4n) is 2.77. The van der Waals surface area contributed by atoms with Crippen molar-refractivity contribution in [1.29, 1.82) is 0 Å². The molecule has 0 N–H and O–H groups in total. The Hall–Kier alpha value is 2.03. The van der Waals surface area contributed by atoms with E-state index in [1.165, 1.54) is 64.2 Å². The number of rotatable bonds is 19. The summed E-state index contributed by atoms with van der Waals surface area (Å²) in [6.07, 6.45) is 16.1. The molecule has 1 atom stereocenters. The van der Waals surface area contributed by atoms with Gasteiger partial charge in [-0.05, 0) is 13.3 Å². The Balaban J connectivity index is -0.00000288. The van der Waals surface area contributed by atoms with Crippen molar-refractivity contribution in [2.24, 2.45) is 0 Å². The zero-order valence-electron chi connectivity index (χ0n) is 18.1. The molecular formula is C18H37Na2O6P. The van der Waals surface area contributed by atoms with Gasteiger partial charge in [-0.15, -0.1) is 0 Å². The van der Waals surface area contributed by atoms with Crippen LogP contribution in [0.4, 0.5) is 0 Å². The summed E-state index contributed by atoms with van der Waals surface area (Å²) in [5.41, 5.74) is 0. The molecule has 0 heterocycles. The van der Waals surface area contributed by atoms with E-state index in [1.807, 2.05) is 0 Å². The largest absolute Gasteiger partial charge is 1.00 e. The summed E-state index contributed by atoms with van der Waals surface area (Å²) in [5, 5.41) is 0. The van der Waals surface area contributed by atoms with E-state index in [9.17, 15) is 14.4 Å². The molecule has 0 saturated heterocycles. The summed E-state index contributed by atoms with van der Waals surface area (Å²) in [6.45, 7) is 4.39. The summed E-state index contributed by atoms with van der Waals surface area (Å²) >= 11 is 0. The quantitative estimate of drug-likeness (QED) is 0.0631. The molecule has 152 valence electrons. The minimum Gasteiger partial charge on any atom is -0.788 e. The van der Waals surface area contributed by atoms with Gasteiger partial charge in [0.15, 0.2) is 6.29 Å². The van der Waals surface area contributed by atoms with Gasteiger partial charge in [-0.25, -0.2) is 9.56 Å². The first-order valence-electron chi connectivity index (χ1n) is 9.98. The van der Waals surface area contributed by atoms with Gasteiger partial charge in [-0.3, -0.25) is 0 Å². The molecule has 9 heteroatoms. The van der Waals surface area contributed by atoms with E-state index in [1.54, 1.807) is 6.92 Å². The molecule has 0 bridgehead atoms. The number of ether oxygens (including phenoxy) is 1. The number of hydrogen-bond acceptors (Lipinski definition) is 6. The van der Waals surface area contributed by atoms with Gasteiger partial charge in [0.25, 0.3) is 0 Å². The van der Waals surface area contributed by atoms with Crippen LogP contribution in [0.15, 0.2) is 0 Å². The monoisotopic (exact) mass is 426 g/mol. The Morgan fingerprint density at radius 1 is 0.741 bits per heavy atom. The third kappa shape index (κ3) is 28.0. The minimum absolute atomic E-state index is 0. The first kappa shape index (κ1) is 33.7. The molecule has 0 aromatic carbocycles. The second kappa shape index (κ2) is 24.3. The summed E-state index contributed by atoms with van der Waals surface area (Å²) in [5.74, 6) is 0. The van der Waals surface area contributed by atoms with Crippen molar-refractivity contribution in [3.8, 4) is 0 Å². The summed E-state index contributed by atoms with van der Waals surface area (Å²) < 4.78 is 19.4. The average molecular weight is 426 g/mol. The Morgan fingerprint density at radius 2 is 1.15 bits per heavy atom. The van der Waals surface area contributed by atoms with Gasteiger partial charge in [-0.1, -0.05) is 84.0 Å². The van der Waals surface area contributed by atoms with Crippen molar-refractivity contribution in [1.82, 2.24) is 0 Å². The van der Waals surface area contributed by atoms with Crippen molar-refractivity contribution in [2.45, 2.75) is 110 Å². The Bertz CT molecular complexity index is 331. The predicted molar refractivity (Wildman–Crippen MR) is 95.5 cm³/mol. The minimum atomic E-state index is -5.12. The first-order valence-corrected chi connectivity index (χ1v) is 11.4. The van der Waals surface area contributed by atoms with Crippen LogP contribution in [0, 0.1) is 0 Å². The molecule has 0 radical (unpaired) electrons. The maximum atomic E-state index is 10.4. The van der Waals surface area contributed by atoms with E-state index in [0.717, 1.165) is 19.3 Å². The van der Waals surface area contributed by atoms with Gasteiger partial charge in [-0.2, -0.15) is 0 Å². The van der Waals surface area contributed by atoms with Crippen LogP contribution in [0.5, 0.6) is 0 Å². The number of hydrogen-bond donors (Lipinski definition) is 0. The third-order valence-corrected chi connectivity index (χ3v) is 4.41. The molecule has 6 nitrogen and oxygen atoms in total. The topological polar surface area (TPSA) is 90.9 Å². The van der Waals surface area contributed by atoms with E-state index in [-0.39, 0.29) is 59.1 Å². The van der Waals surface area contributed by atoms with Crippen molar-refractivity contribution >= 4 is 7.82 Å². The molecule has 0 fully saturated rings. The SMILES string of the molecule is CCCCCCCCCCCCCCCC(OCC)OOP(=O)([O-])[O-].[Na+].[Na+]. The fraction of sp³-hybridized carbons (Fsp3) is 1.00. The van der Waals surface area contributed by atoms with E-state index in [4.69, 9.17) is 4.74 Å². The molecule has 0 aliphatic carbocycles. The van der Waals surface area contributed by atoms with E-state index >= 15 is 0 Å². The van der Waals surface area contributed by atoms with Gasteiger partial charge >= 0.3 is 59.1 Å². The second-order valence-corrected chi connectivity index (χ2v) is 7.58. The molecule has 0 amide bonds. The maximum absolute atomic E-state index is 10.4. The maximum Gasteiger partial charge on any atom is 1.00 e.